The van der Waals surface area contributed by atoms with Gasteiger partial charge in [-0.05, 0) is 99.5 Å². The third kappa shape index (κ3) is 6.08. The van der Waals surface area contributed by atoms with Crippen LogP contribution in [-0.4, -0.2) is 0 Å². The Balaban J connectivity index is 1.13. The highest BCUT2D eigenvalue weighted by atomic mass is 16.3. The summed E-state index contributed by atoms with van der Waals surface area (Å²) in [5, 5.41) is 28.2. The second-order valence-corrected chi connectivity index (χ2v) is 19.8. The molecule has 6 heteroatoms. The molecule has 0 aliphatic heterocycles. The second-order valence-electron chi connectivity index (χ2n) is 19.8. The number of hydrogen-bond donors (Lipinski definition) is 0. The summed E-state index contributed by atoms with van der Waals surface area (Å²) in [5.74, 6) is 0. The molecule has 0 saturated heterocycles. The average molecular weight is 937 g/mol. The zero-order chi connectivity index (χ0) is 49.0. The first kappa shape index (κ1) is 42.3. The molecule has 10 aromatic carbocycles. The molecule has 12 aromatic rings. The Kier molecular flexibility index (Phi) is 9.24. The minimum atomic E-state index is -0.609. The number of nitrogens with zero attached hydrogens (tertiary/aromatic N) is 4. The van der Waals surface area contributed by atoms with E-state index in [1.165, 1.54) is 11.1 Å². The number of anilines is 6. The van der Waals surface area contributed by atoms with Gasteiger partial charge in [-0.25, -0.2) is 0 Å². The molecule has 14 rings (SSSR count). The van der Waals surface area contributed by atoms with Crippen LogP contribution in [0.5, 0.6) is 0 Å². The zero-order valence-corrected chi connectivity index (χ0v) is 40.1. The van der Waals surface area contributed by atoms with Gasteiger partial charge in [0.15, 0.2) is 11.2 Å². The van der Waals surface area contributed by atoms with Crippen molar-refractivity contribution >= 4 is 78.0 Å². The largest absolute Gasteiger partial charge is 0.454 e. The van der Waals surface area contributed by atoms with Crippen LogP contribution in [0.4, 0.5) is 34.1 Å². The molecule has 2 aliphatic rings. The van der Waals surface area contributed by atoms with Gasteiger partial charge in [-0.1, -0.05) is 184 Å². The second kappa shape index (κ2) is 16.0. The fraction of sp³-hybridized carbons (Fsp3) is 0.0746. The summed E-state index contributed by atoms with van der Waals surface area (Å²) >= 11 is 0. The van der Waals surface area contributed by atoms with E-state index >= 15 is 0 Å². The highest BCUT2D eigenvalue weighted by Gasteiger charge is 2.60. The van der Waals surface area contributed by atoms with Crippen LogP contribution in [0.3, 0.4) is 0 Å². The lowest BCUT2D eigenvalue weighted by molar-refractivity contribution is 0.512. The minimum absolute atomic E-state index is 0.272. The Labute approximate surface area is 422 Å². The SMILES string of the molecule is CC12CC(C)(c3ccccc31)c1c(N(c3ccc(-c4ccccc4)cc3)c3cccc4c3oc3ccccc34)c(C#N)c(C#N)c(N(c3ccc(-c4ccccc4)cc3)c3cccc4c3oc3ccccc34)c12. The fourth-order valence-electron chi connectivity index (χ4n) is 12.7. The Morgan fingerprint density at radius 2 is 0.740 bits per heavy atom. The Hall–Kier alpha value is -9.62. The van der Waals surface area contributed by atoms with Crippen LogP contribution in [-0.2, 0) is 10.8 Å². The summed E-state index contributed by atoms with van der Waals surface area (Å²) in [5.41, 5.74) is 15.5. The van der Waals surface area contributed by atoms with Gasteiger partial charge in [0, 0.05) is 43.7 Å². The summed E-state index contributed by atoms with van der Waals surface area (Å²) in [6.45, 7) is 4.67. The molecule has 2 heterocycles. The van der Waals surface area contributed by atoms with Gasteiger partial charge in [0.05, 0.1) is 33.9 Å². The first-order valence-electron chi connectivity index (χ1n) is 24.7. The van der Waals surface area contributed by atoms with E-state index in [2.05, 4.69) is 206 Å². The van der Waals surface area contributed by atoms with Crippen LogP contribution in [0, 0.1) is 22.7 Å². The number of rotatable bonds is 8. The lowest BCUT2D eigenvalue weighted by atomic mass is 9.70. The molecule has 2 aromatic heterocycles. The minimum Gasteiger partial charge on any atom is -0.454 e. The fourth-order valence-corrected chi connectivity index (χ4v) is 12.7. The van der Waals surface area contributed by atoms with E-state index in [-0.39, 0.29) is 11.1 Å². The number of furan rings is 2. The van der Waals surface area contributed by atoms with Crippen LogP contribution in [0.25, 0.3) is 66.1 Å². The first-order valence-corrected chi connectivity index (χ1v) is 24.7. The molecular weight excluding hydrogens is 893 g/mol. The predicted octanol–water partition coefficient (Wildman–Crippen LogP) is 17.8. The molecule has 2 unspecified atom stereocenters. The summed E-state index contributed by atoms with van der Waals surface area (Å²) in [6.07, 6.45) is 0.722. The molecule has 0 spiro atoms. The lowest BCUT2D eigenvalue weighted by Gasteiger charge is -2.40. The quantitative estimate of drug-likeness (QED) is 0.151. The summed E-state index contributed by atoms with van der Waals surface area (Å²) in [4.78, 5) is 4.41. The molecule has 0 amide bonds. The van der Waals surface area contributed by atoms with Crippen molar-refractivity contribution in [2.45, 2.75) is 31.1 Å². The van der Waals surface area contributed by atoms with E-state index in [0.29, 0.717) is 22.5 Å². The summed E-state index contributed by atoms with van der Waals surface area (Å²) in [7, 11) is 0. The highest BCUT2D eigenvalue weighted by Crippen LogP contribution is 2.70. The molecule has 344 valence electrons. The molecule has 0 fully saturated rings. The smallest absolute Gasteiger partial charge is 0.159 e. The molecule has 2 bridgehead atoms. The Bertz CT molecular complexity index is 4020. The van der Waals surface area contributed by atoms with Crippen molar-refractivity contribution in [3.63, 3.8) is 0 Å². The number of hydrogen-bond acceptors (Lipinski definition) is 6. The van der Waals surface area contributed by atoms with Gasteiger partial charge in [0.1, 0.15) is 23.3 Å². The molecular formula is C67H44N4O2. The van der Waals surface area contributed by atoms with Crippen LogP contribution < -0.4 is 9.80 Å². The molecule has 2 atom stereocenters. The van der Waals surface area contributed by atoms with E-state index in [1.54, 1.807) is 0 Å². The van der Waals surface area contributed by atoms with Crippen LogP contribution >= 0.6 is 0 Å². The van der Waals surface area contributed by atoms with E-state index in [9.17, 15) is 10.5 Å². The van der Waals surface area contributed by atoms with Crippen molar-refractivity contribution in [3.8, 4) is 34.4 Å². The average Bonchev–Trinajstić information content (AvgIpc) is 4.17. The van der Waals surface area contributed by atoms with Crippen LogP contribution in [0.2, 0.25) is 0 Å². The van der Waals surface area contributed by atoms with Crippen molar-refractivity contribution in [2.24, 2.45) is 0 Å². The van der Waals surface area contributed by atoms with E-state index in [1.807, 2.05) is 48.5 Å². The molecule has 2 aliphatic carbocycles. The van der Waals surface area contributed by atoms with Gasteiger partial charge in [-0.3, -0.25) is 0 Å². The first-order chi connectivity index (χ1) is 35.9. The third-order valence-electron chi connectivity index (χ3n) is 15.8. The van der Waals surface area contributed by atoms with Gasteiger partial charge in [-0.15, -0.1) is 0 Å². The van der Waals surface area contributed by atoms with Gasteiger partial charge in [0.25, 0.3) is 0 Å². The lowest BCUT2D eigenvalue weighted by Crippen LogP contribution is -2.29. The summed E-state index contributed by atoms with van der Waals surface area (Å²) in [6, 6.07) is 80.7. The molecule has 0 N–H and O–H groups in total. The zero-order valence-electron chi connectivity index (χ0n) is 40.1. The topological polar surface area (TPSA) is 80.3 Å². The number of benzene rings is 10. The van der Waals surface area contributed by atoms with Crippen molar-refractivity contribution in [1.82, 2.24) is 0 Å². The van der Waals surface area contributed by atoms with Crippen LogP contribution in [0.15, 0.2) is 227 Å². The normalized spacial score (nSPS) is 16.4. The van der Waals surface area contributed by atoms with Crippen molar-refractivity contribution in [2.75, 3.05) is 9.80 Å². The van der Waals surface area contributed by atoms with E-state index in [0.717, 1.165) is 95.3 Å². The van der Waals surface area contributed by atoms with Gasteiger partial charge in [-0.2, -0.15) is 10.5 Å². The molecule has 0 radical (unpaired) electrons. The molecule has 0 saturated carbocycles. The van der Waals surface area contributed by atoms with Crippen molar-refractivity contribution < 1.29 is 8.83 Å². The third-order valence-corrected chi connectivity index (χ3v) is 15.8. The predicted molar refractivity (Wildman–Crippen MR) is 295 cm³/mol. The monoisotopic (exact) mass is 936 g/mol. The van der Waals surface area contributed by atoms with E-state index in [4.69, 9.17) is 8.83 Å². The van der Waals surface area contributed by atoms with Crippen LogP contribution in [0.1, 0.15) is 53.6 Å². The number of fused-ring (bicyclic) bond motifs is 14. The maximum absolute atomic E-state index is 12.1. The number of para-hydroxylation sites is 4. The summed E-state index contributed by atoms with van der Waals surface area (Å²) < 4.78 is 13.8. The van der Waals surface area contributed by atoms with Crippen molar-refractivity contribution in [1.29, 1.82) is 10.5 Å². The highest BCUT2D eigenvalue weighted by molar-refractivity contribution is 6.13. The van der Waals surface area contributed by atoms with E-state index < -0.39 is 10.8 Å². The maximum atomic E-state index is 12.1. The molecule has 6 nitrogen and oxygen atoms in total. The van der Waals surface area contributed by atoms with Gasteiger partial charge < -0.3 is 18.6 Å². The number of nitriles is 2. The standard InChI is InChI=1S/C67H44N4O2/c1-66-41-67(2,55-26-12-11-25-54(55)66)61-60(66)62(70(46-35-31-44(32-36-46)42-17-5-3-6-18-42)56-27-15-23-50-48-21-9-13-29-58(48)72-64(50)56)52(39-68)53(40-69)63(61)71(47-37-33-45(34-38-47)43-19-7-4-8-20-43)57-28-16-24-51-49-22-10-14-30-59(49)73-65(51)57/h3-38H,41H2,1-2H3. The Morgan fingerprint density at radius 1 is 0.384 bits per heavy atom. The van der Waals surface area contributed by atoms with Gasteiger partial charge >= 0.3 is 0 Å². The Morgan fingerprint density at radius 3 is 1.15 bits per heavy atom. The van der Waals surface area contributed by atoms with Crippen molar-refractivity contribution in [3.05, 3.63) is 252 Å². The molecule has 73 heavy (non-hydrogen) atoms. The van der Waals surface area contributed by atoms with Gasteiger partial charge in [0.2, 0.25) is 0 Å². The maximum Gasteiger partial charge on any atom is 0.159 e.